The number of benzene rings is 2. The van der Waals surface area contributed by atoms with E-state index in [1.807, 2.05) is 0 Å². The van der Waals surface area contributed by atoms with Gasteiger partial charge in [-0.2, -0.15) is 0 Å². The summed E-state index contributed by atoms with van der Waals surface area (Å²) in [5, 5.41) is 2.73. The fourth-order valence-electron chi connectivity index (χ4n) is 2.74. The number of hydrogen-bond acceptors (Lipinski definition) is 6. The molecule has 0 atom stereocenters. The first-order chi connectivity index (χ1) is 14.3. The molecule has 2 aromatic rings. The normalized spacial score (nSPS) is 11.0. The van der Waals surface area contributed by atoms with Crippen LogP contribution >= 0.6 is 0 Å². The van der Waals surface area contributed by atoms with Crippen LogP contribution in [-0.4, -0.2) is 46.1 Å². The first kappa shape index (κ1) is 23.4. The summed E-state index contributed by atoms with van der Waals surface area (Å²) in [6.07, 6.45) is 1.10. The Labute approximate surface area is 177 Å². The van der Waals surface area contributed by atoms with Crippen molar-refractivity contribution in [2.45, 2.75) is 31.1 Å². The van der Waals surface area contributed by atoms with Crippen molar-refractivity contribution >= 4 is 21.5 Å². The maximum Gasteiger partial charge on any atom is 0.220 e. The lowest BCUT2D eigenvalue weighted by molar-refractivity contribution is -0.121. The number of methoxy groups -OCH3 is 1. The molecule has 0 fully saturated rings. The second-order valence-electron chi connectivity index (χ2n) is 6.71. The third-order valence-electron chi connectivity index (χ3n) is 4.39. The van der Waals surface area contributed by atoms with Gasteiger partial charge in [0.15, 0.2) is 27.1 Å². The van der Waals surface area contributed by atoms with Gasteiger partial charge in [0.05, 0.1) is 24.4 Å². The lowest BCUT2D eigenvalue weighted by Gasteiger charge is -2.11. The highest BCUT2D eigenvalue weighted by Crippen LogP contribution is 2.28. The van der Waals surface area contributed by atoms with Crippen LogP contribution in [0, 0.1) is 0 Å². The Morgan fingerprint density at radius 3 is 2.40 bits per heavy atom. The van der Waals surface area contributed by atoms with Gasteiger partial charge in [0, 0.05) is 18.5 Å². The molecule has 2 rings (SSSR count). The summed E-state index contributed by atoms with van der Waals surface area (Å²) < 4.78 is 35.2. The molecule has 30 heavy (non-hydrogen) atoms. The quantitative estimate of drug-likeness (QED) is 0.408. The summed E-state index contributed by atoms with van der Waals surface area (Å²) in [5.74, 6) is 0.736. The van der Waals surface area contributed by atoms with Gasteiger partial charge in [-0.3, -0.25) is 9.59 Å². The monoisotopic (exact) mass is 433 g/mol. The summed E-state index contributed by atoms with van der Waals surface area (Å²) in [6, 6.07) is 13.2. The predicted molar refractivity (Wildman–Crippen MR) is 114 cm³/mol. The van der Waals surface area contributed by atoms with Crippen molar-refractivity contribution in [3.8, 4) is 11.5 Å². The summed E-state index contributed by atoms with van der Waals surface area (Å²) in [6.45, 7) is 2.09. The highest BCUT2D eigenvalue weighted by Gasteiger charge is 2.13. The lowest BCUT2D eigenvalue weighted by atomic mass is 10.1. The molecule has 8 heteroatoms. The smallest absolute Gasteiger partial charge is 0.220 e. The standard InChI is InChI=1S/C22H27NO6S/c1-17(24)18-11-12-20(21(16-18)28-2)29-14-6-10-22(25)23-13-7-15-30(26,27)19-8-4-3-5-9-19/h3-5,8-9,11-12,16H,6-7,10,13-15H2,1-2H3,(H,23,25). The highest BCUT2D eigenvalue weighted by atomic mass is 32.2. The number of ketones is 1. The molecule has 0 aromatic heterocycles. The molecule has 0 radical (unpaired) electrons. The van der Waals surface area contributed by atoms with Crippen LogP contribution in [0.1, 0.15) is 36.5 Å². The molecule has 0 unspecified atom stereocenters. The summed E-state index contributed by atoms with van der Waals surface area (Å²) in [5.41, 5.74) is 0.535. The first-order valence-electron chi connectivity index (χ1n) is 9.70. The van der Waals surface area contributed by atoms with Crippen LogP contribution in [0.3, 0.4) is 0 Å². The molecule has 1 amide bonds. The Kier molecular flexibility index (Phi) is 8.86. The largest absolute Gasteiger partial charge is 0.493 e. The zero-order chi connectivity index (χ0) is 22.0. The minimum absolute atomic E-state index is 0.0174. The van der Waals surface area contributed by atoms with E-state index in [1.165, 1.54) is 14.0 Å². The minimum atomic E-state index is -3.33. The van der Waals surface area contributed by atoms with Crippen molar-refractivity contribution in [1.29, 1.82) is 0 Å². The second kappa shape index (κ2) is 11.3. The molecule has 0 spiro atoms. The van der Waals surface area contributed by atoms with E-state index in [0.29, 0.717) is 48.0 Å². The minimum Gasteiger partial charge on any atom is -0.493 e. The van der Waals surface area contributed by atoms with E-state index in [0.717, 1.165) is 0 Å². The molecular weight excluding hydrogens is 406 g/mol. The molecule has 0 bridgehead atoms. The van der Waals surface area contributed by atoms with Gasteiger partial charge in [0.25, 0.3) is 0 Å². The first-order valence-corrected chi connectivity index (χ1v) is 11.3. The molecule has 1 N–H and O–H groups in total. The summed E-state index contributed by atoms with van der Waals surface area (Å²) >= 11 is 0. The van der Waals surface area contributed by atoms with Gasteiger partial charge in [0.2, 0.25) is 5.91 Å². The van der Waals surface area contributed by atoms with Crippen molar-refractivity contribution < 1.29 is 27.5 Å². The number of ether oxygens (including phenoxy) is 2. The molecule has 0 saturated heterocycles. The third kappa shape index (κ3) is 7.18. The van der Waals surface area contributed by atoms with Crippen LogP contribution in [0.25, 0.3) is 0 Å². The fraction of sp³-hybridized carbons (Fsp3) is 0.364. The van der Waals surface area contributed by atoms with E-state index in [9.17, 15) is 18.0 Å². The molecule has 0 aliphatic rings. The topological polar surface area (TPSA) is 98.8 Å². The maximum atomic E-state index is 12.2. The van der Waals surface area contributed by atoms with Gasteiger partial charge in [-0.15, -0.1) is 0 Å². The van der Waals surface area contributed by atoms with Gasteiger partial charge in [-0.25, -0.2) is 8.42 Å². The highest BCUT2D eigenvalue weighted by molar-refractivity contribution is 7.91. The van der Waals surface area contributed by atoms with E-state index in [2.05, 4.69) is 5.32 Å². The van der Waals surface area contributed by atoms with Crippen LogP contribution in [-0.2, 0) is 14.6 Å². The average molecular weight is 434 g/mol. The van der Waals surface area contributed by atoms with Gasteiger partial charge in [-0.1, -0.05) is 18.2 Å². The molecular formula is C22H27NO6S. The SMILES string of the molecule is COc1cc(C(C)=O)ccc1OCCCC(=O)NCCCS(=O)(=O)c1ccccc1. The van der Waals surface area contributed by atoms with Crippen molar-refractivity contribution in [2.24, 2.45) is 0 Å². The number of Topliss-reactive ketones (excluding diaryl/α,β-unsaturated/α-hetero) is 1. The number of nitrogens with one attached hydrogen (secondary N) is 1. The molecule has 2 aromatic carbocycles. The summed E-state index contributed by atoms with van der Waals surface area (Å²) in [7, 11) is -1.83. The molecule has 0 aliphatic heterocycles. The Morgan fingerprint density at radius 1 is 1.00 bits per heavy atom. The van der Waals surface area contributed by atoms with Crippen LogP contribution in [0.2, 0.25) is 0 Å². The van der Waals surface area contributed by atoms with Crippen molar-refractivity contribution in [3.05, 3.63) is 54.1 Å². The third-order valence-corrected chi connectivity index (χ3v) is 6.21. The number of sulfone groups is 1. The van der Waals surface area contributed by atoms with E-state index >= 15 is 0 Å². The lowest BCUT2D eigenvalue weighted by Crippen LogP contribution is -2.26. The zero-order valence-electron chi connectivity index (χ0n) is 17.2. The van der Waals surface area contributed by atoms with Crippen LogP contribution in [0.15, 0.2) is 53.4 Å². The Bertz CT molecular complexity index is 957. The van der Waals surface area contributed by atoms with E-state index in [4.69, 9.17) is 9.47 Å². The van der Waals surface area contributed by atoms with Crippen LogP contribution < -0.4 is 14.8 Å². The van der Waals surface area contributed by atoms with Gasteiger partial charge in [0.1, 0.15) is 0 Å². The number of carbonyl (C=O) groups excluding carboxylic acids is 2. The number of hydrogen-bond donors (Lipinski definition) is 1. The summed E-state index contributed by atoms with van der Waals surface area (Å²) in [4.78, 5) is 23.6. The van der Waals surface area contributed by atoms with Gasteiger partial charge >= 0.3 is 0 Å². The van der Waals surface area contributed by atoms with E-state index in [1.54, 1.807) is 48.5 Å². The number of carbonyl (C=O) groups is 2. The number of rotatable bonds is 12. The Balaban J connectivity index is 1.67. The Morgan fingerprint density at radius 2 is 1.73 bits per heavy atom. The van der Waals surface area contributed by atoms with E-state index in [-0.39, 0.29) is 23.9 Å². The molecule has 0 heterocycles. The average Bonchev–Trinajstić information content (AvgIpc) is 2.74. The van der Waals surface area contributed by atoms with Gasteiger partial charge in [-0.05, 0) is 50.1 Å². The maximum absolute atomic E-state index is 12.2. The molecule has 162 valence electrons. The number of amides is 1. The van der Waals surface area contributed by atoms with Crippen molar-refractivity contribution in [3.63, 3.8) is 0 Å². The van der Waals surface area contributed by atoms with Crippen LogP contribution in [0.4, 0.5) is 0 Å². The van der Waals surface area contributed by atoms with E-state index < -0.39 is 9.84 Å². The molecule has 0 saturated carbocycles. The zero-order valence-corrected chi connectivity index (χ0v) is 18.0. The fourth-order valence-corrected chi connectivity index (χ4v) is 4.08. The molecule has 0 aliphatic carbocycles. The van der Waals surface area contributed by atoms with Crippen LogP contribution in [0.5, 0.6) is 11.5 Å². The van der Waals surface area contributed by atoms with Crippen molar-refractivity contribution in [1.82, 2.24) is 5.32 Å². The van der Waals surface area contributed by atoms with Gasteiger partial charge < -0.3 is 14.8 Å². The second-order valence-corrected chi connectivity index (χ2v) is 8.82. The molecule has 7 nitrogen and oxygen atoms in total. The van der Waals surface area contributed by atoms with Crippen molar-refractivity contribution in [2.75, 3.05) is 26.0 Å². The Hall–Kier alpha value is -2.87. The predicted octanol–water partition coefficient (Wildman–Crippen LogP) is 3.04.